The molecule has 0 bridgehead atoms. The summed E-state index contributed by atoms with van der Waals surface area (Å²) >= 11 is 6.18. The van der Waals surface area contributed by atoms with Gasteiger partial charge >= 0.3 is 0 Å². The molecule has 0 atom stereocenters. The van der Waals surface area contributed by atoms with Crippen LogP contribution in [-0.2, 0) is 6.54 Å². The Bertz CT molecular complexity index is 587. The topological polar surface area (TPSA) is 28.2 Å². The number of benzene rings is 1. The molecule has 3 nitrogen and oxygen atoms in total. The van der Waals surface area contributed by atoms with Crippen LogP contribution in [0.3, 0.4) is 0 Å². The smallest absolute Gasteiger partial charge is 0.133 e. The molecule has 0 unspecified atom stereocenters. The quantitative estimate of drug-likeness (QED) is 0.813. The molecule has 0 amide bonds. The summed E-state index contributed by atoms with van der Waals surface area (Å²) in [4.78, 5) is 6.48. The highest BCUT2D eigenvalue weighted by atomic mass is 35.5. The van der Waals surface area contributed by atoms with Gasteiger partial charge in [0.25, 0.3) is 0 Å². The Kier molecular flexibility index (Phi) is 5.53. The molecular weight excluding hydrogens is 289 g/mol. The molecule has 0 aliphatic heterocycles. The van der Waals surface area contributed by atoms with Gasteiger partial charge in [0, 0.05) is 19.3 Å². The van der Waals surface area contributed by atoms with Crippen molar-refractivity contribution in [3.8, 4) is 0 Å². The predicted octanol–water partition coefficient (Wildman–Crippen LogP) is 4.14. The van der Waals surface area contributed by atoms with Gasteiger partial charge in [-0.25, -0.2) is 9.37 Å². The Morgan fingerprint density at radius 2 is 1.90 bits per heavy atom. The lowest BCUT2D eigenvalue weighted by atomic mass is 10.2. The summed E-state index contributed by atoms with van der Waals surface area (Å²) in [6, 6.07) is 10.0. The molecule has 2 rings (SSSR count). The lowest BCUT2D eigenvalue weighted by Gasteiger charge is -2.19. The lowest BCUT2D eigenvalue weighted by Crippen LogP contribution is -2.17. The molecule has 21 heavy (non-hydrogen) atoms. The Labute approximate surface area is 129 Å². The van der Waals surface area contributed by atoms with Gasteiger partial charge in [0.15, 0.2) is 0 Å². The molecule has 5 heteroatoms. The SMILES string of the molecule is CCCNCc1nc(N(C)c2ccc(F)cc2)ccc1Cl. The molecule has 112 valence electrons. The fourth-order valence-electron chi connectivity index (χ4n) is 1.96. The van der Waals surface area contributed by atoms with Crippen molar-refractivity contribution in [2.75, 3.05) is 18.5 Å². The van der Waals surface area contributed by atoms with Crippen molar-refractivity contribution < 1.29 is 4.39 Å². The minimum Gasteiger partial charge on any atom is -0.329 e. The highest BCUT2D eigenvalue weighted by Crippen LogP contribution is 2.24. The van der Waals surface area contributed by atoms with E-state index in [1.807, 2.05) is 24.1 Å². The molecule has 2 aromatic rings. The van der Waals surface area contributed by atoms with Crippen LogP contribution in [0.25, 0.3) is 0 Å². The largest absolute Gasteiger partial charge is 0.329 e. The summed E-state index contributed by atoms with van der Waals surface area (Å²) in [5, 5.41) is 3.94. The van der Waals surface area contributed by atoms with Crippen molar-refractivity contribution in [2.45, 2.75) is 19.9 Å². The summed E-state index contributed by atoms with van der Waals surface area (Å²) in [5.74, 6) is 0.528. The van der Waals surface area contributed by atoms with Crippen molar-refractivity contribution in [1.29, 1.82) is 0 Å². The first-order chi connectivity index (χ1) is 10.1. The van der Waals surface area contributed by atoms with Crippen LogP contribution < -0.4 is 10.2 Å². The van der Waals surface area contributed by atoms with Gasteiger partial charge in [-0.15, -0.1) is 0 Å². The van der Waals surface area contributed by atoms with Crippen LogP contribution in [0.5, 0.6) is 0 Å². The maximum absolute atomic E-state index is 13.0. The van der Waals surface area contributed by atoms with E-state index < -0.39 is 0 Å². The normalized spacial score (nSPS) is 10.7. The molecule has 0 aliphatic carbocycles. The van der Waals surface area contributed by atoms with E-state index in [-0.39, 0.29) is 5.82 Å². The maximum Gasteiger partial charge on any atom is 0.133 e. The minimum absolute atomic E-state index is 0.249. The summed E-state index contributed by atoms with van der Waals surface area (Å²) in [5.41, 5.74) is 1.69. The van der Waals surface area contributed by atoms with E-state index in [1.165, 1.54) is 12.1 Å². The molecule has 0 fully saturated rings. The van der Waals surface area contributed by atoms with Gasteiger partial charge in [0.2, 0.25) is 0 Å². The Balaban J connectivity index is 2.19. The average molecular weight is 308 g/mol. The first kappa shape index (κ1) is 15.7. The molecular formula is C16H19ClFN3. The number of hydrogen-bond acceptors (Lipinski definition) is 3. The van der Waals surface area contributed by atoms with Crippen LogP contribution in [0.15, 0.2) is 36.4 Å². The summed E-state index contributed by atoms with van der Waals surface area (Å²) in [6.45, 7) is 3.68. The van der Waals surface area contributed by atoms with E-state index in [9.17, 15) is 4.39 Å². The number of nitrogens with zero attached hydrogens (tertiary/aromatic N) is 2. The van der Waals surface area contributed by atoms with E-state index in [4.69, 9.17) is 11.6 Å². The van der Waals surface area contributed by atoms with Gasteiger partial charge in [0.05, 0.1) is 10.7 Å². The fraction of sp³-hybridized carbons (Fsp3) is 0.312. The Hall–Kier alpha value is -1.65. The molecule has 0 radical (unpaired) electrons. The first-order valence-electron chi connectivity index (χ1n) is 6.97. The monoisotopic (exact) mass is 307 g/mol. The molecule has 0 saturated heterocycles. The van der Waals surface area contributed by atoms with Crippen molar-refractivity contribution in [3.05, 3.63) is 52.9 Å². The number of hydrogen-bond donors (Lipinski definition) is 1. The summed E-state index contributed by atoms with van der Waals surface area (Å²) in [6.07, 6.45) is 1.06. The maximum atomic E-state index is 13.0. The standard InChI is InChI=1S/C16H19ClFN3/c1-3-10-19-11-15-14(17)8-9-16(20-15)21(2)13-6-4-12(18)5-7-13/h4-9,19H,3,10-11H2,1-2H3. The summed E-state index contributed by atoms with van der Waals surface area (Å²) < 4.78 is 13.0. The number of anilines is 2. The molecule has 1 N–H and O–H groups in total. The zero-order chi connectivity index (χ0) is 15.2. The van der Waals surface area contributed by atoms with Gasteiger partial charge < -0.3 is 10.2 Å². The Morgan fingerprint density at radius 1 is 1.19 bits per heavy atom. The van der Waals surface area contributed by atoms with Gasteiger partial charge in [-0.3, -0.25) is 0 Å². The second-order valence-corrected chi connectivity index (χ2v) is 5.22. The van der Waals surface area contributed by atoms with Crippen molar-refractivity contribution in [1.82, 2.24) is 10.3 Å². The zero-order valence-corrected chi connectivity index (χ0v) is 13.0. The highest BCUT2D eigenvalue weighted by molar-refractivity contribution is 6.31. The number of pyridine rings is 1. The molecule has 1 aromatic carbocycles. The zero-order valence-electron chi connectivity index (χ0n) is 12.2. The third-order valence-electron chi connectivity index (χ3n) is 3.18. The molecule has 1 heterocycles. The fourth-order valence-corrected chi connectivity index (χ4v) is 2.14. The van der Waals surface area contributed by atoms with Crippen molar-refractivity contribution in [2.24, 2.45) is 0 Å². The van der Waals surface area contributed by atoms with E-state index in [0.717, 1.165) is 30.2 Å². The molecule has 0 saturated carbocycles. The second kappa shape index (κ2) is 7.38. The third-order valence-corrected chi connectivity index (χ3v) is 3.52. The van der Waals surface area contributed by atoms with Gasteiger partial charge in [-0.05, 0) is 49.4 Å². The highest BCUT2D eigenvalue weighted by Gasteiger charge is 2.09. The van der Waals surface area contributed by atoms with Gasteiger partial charge in [-0.2, -0.15) is 0 Å². The van der Waals surface area contributed by atoms with E-state index in [1.54, 1.807) is 12.1 Å². The van der Waals surface area contributed by atoms with Crippen molar-refractivity contribution >= 4 is 23.1 Å². The number of aromatic nitrogens is 1. The van der Waals surface area contributed by atoms with Crippen LogP contribution in [0.2, 0.25) is 5.02 Å². The number of nitrogens with one attached hydrogen (secondary N) is 1. The van der Waals surface area contributed by atoms with Crippen molar-refractivity contribution in [3.63, 3.8) is 0 Å². The first-order valence-corrected chi connectivity index (χ1v) is 7.35. The third kappa shape index (κ3) is 4.16. The van der Waals surface area contributed by atoms with Crippen LogP contribution in [0, 0.1) is 5.82 Å². The van der Waals surface area contributed by atoms with Crippen LogP contribution in [0.4, 0.5) is 15.9 Å². The van der Waals surface area contributed by atoms with E-state index >= 15 is 0 Å². The van der Waals surface area contributed by atoms with E-state index in [2.05, 4.69) is 17.2 Å². The lowest BCUT2D eigenvalue weighted by molar-refractivity contribution is 0.628. The second-order valence-electron chi connectivity index (χ2n) is 4.81. The van der Waals surface area contributed by atoms with Gasteiger partial charge in [0.1, 0.15) is 11.6 Å². The average Bonchev–Trinajstić information content (AvgIpc) is 2.49. The predicted molar refractivity (Wildman–Crippen MR) is 85.7 cm³/mol. The van der Waals surface area contributed by atoms with Crippen LogP contribution in [-0.4, -0.2) is 18.6 Å². The Morgan fingerprint density at radius 3 is 2.57 bits per heavy atom. The minimum atomic E-state index is -0.249. The molecule has 1 aromatic heterocycles. The summed E-state index contributed by atoms with van der Waals surface area (Å²) in [7, 11) is 1.90. The van der Waals surface area contributed by atoms with E-state index in [0.29, 0.717) is 11.6 Å². The van der Waals surface area contributed by atoms with Gasteiger partial charge in [-0.1, -0.05) is 18.5 Å². The molecule has 0 spiro atoms. The van der Waals surface area contributed by atoms with Crippen LogP contribution in [0.1, 0.15) is 19.0 Å². The van der Waals surface area contributed by atoms with Crippen LogP contribution >= 0.6 is 11.6 Å². The number of rotatable bonds is 6. The number of halogens is 2. The molecule has 0 aliphatic rings.